The molecule has 0 bridgehead atoms. The molecule has 0 atom stereocenters. The van der Waals surface area contributed by atoms with Gasteiger partial charge in [0.25, 0.3) is 0 Å². The van der Waals surface area contributed by atoms with E-state index in [-0.39, 0.29) is 24.6 Å². The quantitative estimate of drug-likeness (QED) is 0.604. The standard InChI is InChI=1S/C10H14O4/c1-13-4-3-7-8(6-14-2)10(12)5-9(7)11/h3-6H2,1-2H3. The van der Waals surface area contributed by atoms with Crippen molar-refractivity contribution in [2.45, 2.75) is 12.8 Å². The number of hydrogen-bond acceptors (Lipinski definition) is 4. The zero-order valence-corrected chi connectivity index (χ0v) is 8.46. The number of ether oxygens (including phenoxy) is 2. The molecule has 0 aliphatic heterocycles. The highest BCUT2D eigenvalue weighted by molar-refractivity contribution is 6.22. The minimum Gasteiger partial charge on any atom is -0.384 e. The monoisotopic (exact) mass is 198 g/mol. The molecule has 1 aliphatic carbocycles. The summed E-state index contributed by atoms with van der Waals surface area (Å²) in [6, 6.07) is 0. The SMILES string of the molecule is COCCC1=C(COC)C(=O)CC1=O. The summed E-state index contributed by atoms with van der Waals surface area (Å²) in [7, 11) is 3.08. The van der Waals surface area contributed by atoms with Gasteiger partial charge in [-0.2, -0.15) is 0 Å². The fraction of sp³-hybridized carbons (Fsp3) is 0.600. The molecule has 1 rings (SSSR count). The van der Waals surface area contributed by atoms with Crippen molar-refractivity contribution in [2.24, 2.45) is 0 Å². The smallest absolute Gasteiger partial charge is 0.169 e. The largest absolute Gasteiger partial charge is 0.384 e. The van der Waals surface area contributed by atoms with Crippen LogP contribution < -0.4 is 0 Å². The first-order chi connectivity index (χ1) is 6.70. The highest BCUT2D eigenvalue weighted by Gasteiger charge is 2.29. The summed E-state index contributed by atoms with van der Waals surface area (Å²) >= 11 is 0. The molecule has 4 nitrogen and oxygen atoms in total. The van der Waals surface area contributed by atoms with Crippen LogP contribution in [0.3, 0.4) is 0 Å². The zero-order chi connectivity index (χ0) is 10.6. The summed E-state index contributed by atoms with van der Waals surface area (Å²) < 4.78 is 9.76. The van der Waals surface area contributed by atoms with E-state index in [2.05, 4.69) is 0 Å². The van der Waals surface area contributed by atoms with Crippen LogP contribution in [0.4, 0.5) is 0 Å². The Morgan fingerprint density at radius 1 is 1.07 bits per heavy atom. The third kappa shape index (κ3) is 2.27. The van der Waals surface area contributed by atoms with Crippen LogP contribution in [0.15, 0.2) is 11.1 Å². The second kappa shape index (κ2) is 5.02. The third-order valence-corrected chi connectivity index (χ3v) is 2.20. The van der Waals surface area contributed by atoms with Gasteiger partial charge in [-0.1, -0.05) is 0 Å². The molecule has 0 fully saturated rings. The van der Waals surface area contributed by atoms with Gasteiger partial charge in [0.2, 0.25) is 0 Å². The van der Waals surface area contributed by atoms with Crippen LogP contribution in [-0.4, -0.2) is 39.0 Å². The summed E-state index contributed by atoms with van der Waals surface area (Å²) in [6.07, 6.45) is 0.498. The topological polar surface area (TPSA) is 52.6 Å². The van der Waals surface area contributed by atoms with Crippen molar-refractivity contribution in [3.8, 4) is 0 Å². The fourth-order valence-corrected chi connectivity index (χ4v) is 1.50. The second-order valence-corrected chi connectivity index (χ2v) is 3.16. The average molecular weight is 198 g/mol. The summed E-state index contributed by atoms with van der Waals surface area (Å²) in [4.78, 5) is 22.7. The summed E-state index contributed by atoms with van der Waals surface area (Å²) in [6.45, 7) is 0.686. The molecule has 0 saturated carbocycles. The highest BCUT2D eigenvalue weighted by Crippen LogP contribution is 2.22. The van der Waals surface area contributed by atoms with Crippen molar-refractivity contribution < 1.29 is 19.1 Å². The minimum atomic E-state index is -0.108. The first-order valence-electron chi connectivity index (χ1n) is 4.47. The number of hydrogen-bond donors (Lipinski definition) is 0. The Labute approximate surface area is 82.9 Å². The second-order valence-electron chi connectivity index (χ2n) is 3.16. The lowest BCUT2D eigenvalue weighted by atomic mass is 10.1. The molecule has 0 N–H and O–H groups in total. The number of rotatable bonds is 5. The van der Waals surface area contributed by atoms with Crippen LogP contribution in [0, 0.1) is 0 Å². The van der Waals surface area contributed by atoms with Gasteiger partial charge < -0.3 is 9.47 Å². The Kier molecular flexibility index (Phi) is 3.98. The van der Waals surface area contributed by atoms with Crippen molar-refractivity contribution in [3.63, 3.8) is 0 Å². The summed E-state index contributed by atoms with van der Waals surface area (Å²) in [5.41, 5.74) is 1.10. The zero-order valence-electron chi connectivity index (χ0n) is 8.46. The normalized spacial score (nSPS) is 17.0. The number of Topliss-reactive ketones (excluding diaryl/α,β-unsaturated/α-hetero) is 2. The molecule has 0 spiro atoms. The van der Waals surface area contributed by atoms with Gasteiger partial charge in [0.15, 0.2) is 11.6 Å². The molecule has 0 heterocycles. The number of carbonyl (C=O) groups excluding carboxylic acids is 2. The molecule has 0 saturated heterocycles. The van der Waals surface area contributed by atoms with Crippen LogP contribution in [0.5, 0.6) is 0 Å². The molecule has 78 valence electrons. The van der Waals surface area contributed by atoms with Crippen LogP contribution in [0.1, 0.15) is 12.8 Å². The predicted molar refractivity (Wildman–Crippen MR) is 50.0 cm³/mol. The molecule has 1 aliphatic rings. The molecule has 0 amide bonds. The van der Waals surface area contributed by atoms with E-state index in [1.807, 2.05) is 0 Å². The molecule has 0 radical (unpaired) electrons. The molecule has 0 aromatic rings. The Hall–Kier alpha value is -1.00. The molecule has 0 unspecified atom stereocenters. The van der Waals surface area contributed by atoms with Crippen molar-refractivity contribution in [2.75, 3.05) is 27.4 Å². The van der Waals surface area contributed by atoms with Gasteiger partial charge in [-0.3, -0.25) is 9.59 Å². The van der Waals surface area contributed by atoms with Crippen LogP contribution in [-0.2, 0) is 19.1 Å². The lowest BCUT2D eigenvalue weighted by molar-refractivity contribution is -0.121. The molecular weight excluding hydrogens is 184 g/mol. The maximum atomic E-state index is 11.4. The van der Waals surface area contributed by atoms with Crippen LogP contribution in [0.2, 0.25) is 0 Å². The van der Waals surface area contributed by atoms with E-state index in [0.29, 0.717) is 24.2 Å². The van der Waals surface area contributed by atoms with Gasteiger partial charge in [-0.25, -0.2) is 0 Å². The van der Waals surface area contributed by atoms with E-state index >= 15 is 0 Å². The number of methoxy groups -OCH3 is 2. The van der Waals surface area contributed by atoms with Crippen molar-refractivity contribution >= 4 is 11.6 Å². The summed E-state index contributed by atoms with van der Waals surface area (Å²) in [5, 5.41) is 0. The highest BCUT2D eigenvalue weighted by atomic mass is 16.5. The lowest BCUT2D eigenvalue weighted by Crippen LogP contribution is -2.04. The van der Waals surface area contributed by atoms with Gasteiger partial charge in [0.1, 0.15) is 0 Å². The Morgan fingerprint density at radius 3 is 2.29 bits per heavy atom. The van der Waals surface area contributed by atoms with Gasteiger partial charge >= 0.3 is 0 Å². The fourth-order valence-electron chi connectivity index (χ4n) is 1.50. The van der Waals surface area contributed by atoms with E-state index in [1.165, 1.54) is 7.11 Å². The van der Waals surface area contributed by atoms with Gasteiger partial charge in [-0.15, -0.1) is 0 Å². The molecule has 0 aromatic heterocycles. The molecule has 0 aromatic carbocycles. The van der Waals surface area contributed by atoms with Crippen molar-refractivity contribution in [1.82, 2.24) is 0 Å². The van der Waals surface area contributed by atoms with E-state index < -0.39 is 0 Å². The van der Waals surface area contributed by atoms with Crippen molar-refractivity contribution in [1.29, 1.82) is 0 Å². The Morgan fingerprint density at radius 2 is 1.71 bits per heavy atom. The van der Waals surface area contributed by atoms with E-state index in [9.17, 15) is 9.59 Å². The Balaban J connectivity index is 2.79. The Bertz CT molecular complexity index is 278. The summed E-state index contributed by atoms with van der Waals surface area (Å²) in [5.74, 6) is -0.193. The van der Waals surface area contributed by atoms with E-state index in [0.717, 1.165) is 0 Å². The van der Waals surface area contributed by atoms with Crippen molar-refractivity contribution in [3.05, 3.63) is 11.1 Å². The predicted octanol–water partition coefficient (Wildman–Crippen LogP) is 0.508. The molecule has 14 heavy (non-hydrogen) atoms. The molecular formula is C10H14O4. The van der Waals surface area contributed by atoms with Crippen LogP contribution >= 0.6 is 0 Å². The minimum absolute atomic E-state index is 0.00224. The van der Waals surface area contributed by atoms with Crippen LogP contribution in [0.25, 0.3) is 0 Å². The molecule has 4 heteroatoms. The van der Waals surface area contributed by atoms with Gasteiger partial charge in [0.05, 0.1) is 19.6 Å². The number of carbonyl (C=O) groups is 2. The maximum absolute atomic E-state index is 11.4. The van der Waals surface area contributed by atoms with E-state index in [4.69, 9.17) is 9.47 Å². The van der Waals surface area contributed by atoms with Gasteiger partial charge in [0, 0.05) is 25.4 Å². The van der Waals surface area contributed by atoms with E-state index in [1.54, 1.807) is 7.11 Å². The maximum Gasteiger partial charge on any atom is 0.169 e. The first kappa shape index (κ1) is 11.1. The lowest BCUT2D eigenvalue weighted by Gasteiger charge is -2.03. The third-order valence-electron chi connectivity index (χ3n) is 2.20. The van der Waals surface area contributed by atoms with Gasteiger partial charge in [-0.05, 0) is 6.42 Å². The number of ketones is 2. The average Bonchev–Trinajstić information content (AvgIpc) is 2.40. The first-order valence-corrected chi connectivity index (χ1v) is 4.47.